The fraction of sp³-hybridized carbons (Fsp3) is 0.467. The quantitative estimate of drug-likeness (QED) is 0.771. The van der Waals surface area contributed by atoms with Gasteiger partial charge in [-0.05, 0) is 32.0 Å². The van der Waals surface area contributed by atoms with Crippen molar-refractivity contribution in [1.29, 1.82) is 0 Å². The fourth-order valence-corrected chi connectivity index (χ4v) is 2.71. The molecule has 0 unspecified atom stereocenters. The Balaban J connectivity index is 2.57. The van der Waals surface area contributed by atoms with Gasteiger partial charge in [-0.15, -0.1) is 0 Å². The van der Waals surface area contributed by atoms with Gasteiger partial charge in [0, 0.05) is 24.4 Å². The van der Waals surface area contributed by atoms with Crippen molar-refractivity contribution in [2.45, 2.75) is 45.4 Å². The monoisotopic (exact) mass is 326 g/mol. The Bertz CT molecular complexity index is 618. The lowest BCUT2D eigenvalue weighted by Crippen LogP contribution is -2.58. The second-order valence-electron chi connectivity index (χ2n) is 5.83. The van der Waals surface area contributed by atoms with Gasteiger partial charge in [0.1, 0.15) is 23.5 Å². The number of benzene rings is 1. The van der Waals surface area contributed by atoms with E-state index in [0.717, 1.165) is 5.01 Å². The zero-order valence-corrected chi connectivity index (χ0v) is 13.6. The first kappa shape index (κ1) is 16.6. The molecule has 0 saturated heterocycles. The van der Waals surface area contributed by atoms with E-state index in [9.17, 15) is 14.7 Å². The summed E-state index contributed by atoms with van der Waals surface area (Å²) in [5.74, 6) is -0.292. The largest absolute Gasteiger partial charge is 0.485 e. The van der Waals surface area contributed by atoms with Crippen molar-refractivity contribution in [2.75, 3.05) is 0 Å². The third-order valence-electron chi connectivity index (χ3n) is 3.57. The van der Waals surface area contributed by atoms with Crippen LogP contribution in [0.2, 0.25) is 5.02 Å². The Morgan fingerprint density at radius 1 is 1.36 bits per heavy atom. The molecule has 1 heterocycles. The normalized spacial score (nSPS) is 22.3. The van der Waals surface area contributed by atoms with Crippen molar-refractivity contribution >= 4 is 23.4 Å². The summed E-state index contributed by atoms with van der Waals surface area (Å²) < 4.78 is 5.79. The Morgan fingerprint density at radius 2 is 2.00 bits per heavy atom. The number of halogens is 1. The van der Waals surface area contributed by atoms with E-state index in [4.69, 9.17) is 16.3 Å². The smallest absolute Gasteiger partial charge is 0.238 e. The summed E-state index contributed by atoms with van der Waals surface area (Å²) >= 11 is 6.02. The van der Waals surface area contributed by atoms with Crippen LogP contribution in [0.15, 0.2) is 18.2 Å². The summed E-state index contributed by atoms with van der Waals surface area (Å²) in [6, 6.07) is 4.18. The van der Waals surface area contributed by atoms with Crippen LogP contribution in [0.5, 0.6) is 5.75 Å². The molecule has 7 heteroatoms. The lowest BCUT2D eigenvalue weighted by molar-refractivity contribution is -0.154. The highest BCUT2D eigenvalue weighted by Gasteiger charge is 2.46. The molecule has 0 bridgehead atoms. The molecule has 2 rings (SSSR count). The lowest BCUT2D eigenvalue weighted by Gasteiger charge is -2.45. The van der Waals surface area contributed by atoms with Crippen LogP contribution in [0.3, 0.4) is 0 Å². The van der Waals surface area contributed by atoms with Crippen LogP contribution < -0.4 is 10.2 Å². The van der Waals surface area contributed by atoms with Gasteiger partial charge in [0.15, 0.2) is 0 Å². The number of aliphatic hydroxyl groups is 1. The first-order valence-electron chi connectivity index (χ1n) is 6.87. The molecule has 1 aromatic carbocycles. The average molecular weight is 327 g/mol. The maximum absolute atomic E-state index is 12.0. The summed E-state index contributed by atoms with van der Waals surface area (Å²) in [5, 5.41) is 12.2. The third kappa shape index (κ3) is 3.03. The molecule has 1 aliphatic rings. The fourth-order valence-electron chi connectivity index (χ4n) is 2.53. The standard InChI is InChI=1S/C15H19ClN2O4/c1-8(19)17-18(9(2)20)13-11-7-10(16)5-6-12(11)22-15(3,4)14(13)21/h5-7,13-14,21H,1-4H3,(H,17,19)/t13-,14+/m1/s1. The minimum Gasteiger partial charge on any atom is -0.485 e. The molecule has 0 saturated carbocycles. The molecule has 0 fully saturated rings. The van der Waals surface area contributed by atoms with Crippen molar-refractivity contribution in [3.8, 4) is 5.75 Å². The second-order valence-corrected chi connectivity index (χ2v) is 6.27. The van der Waals surface area contributed by atoms with Gasteiger partial charge < -0.3 is 9.84 Å². The van der Waals surface area contributed by atoms with E-state index >= 15 is 0 Å². The maximum atomic E-state index is 12.0. The van der Waals surface area contributed by atoms with Crippen LogP contribution in [-0.2, 0) is 9.59 Å². The molecule has 1 aliphatic heterocycles. The van der Waals surface area contributed by atoms with Crippen LogP contribution in [0, 0.1) is 0 Å². The molecule has 0 radical (unpaired) electrons. The van der Waals surface area contributed by atoms with E-state index in [1.807, 2.05) is 0 Å². The number of nitrogens with zero attached hydrogens (tertiary/aromatic N) is 1. The Labute approximate surface area is 134 Å². The van der Waals surface area contributed by atoms with Gasteiger partial charge in [-0.25, -0.2) is 5.01 Å². The summed E-state index contributed by atoms with van der Waals surface area (Å²) in [4.78, 5) is 23.4. The zero-order chi connectivity index (χ0) is 16.7. The van der Waals surface area contributed by atoms with Crippen LogP contribution in [0.25, 0.3) is 0 Å². The third-order valence-corrected chi connectivity index (χ3v) is 3.81. The van der Waals surface area contributed by atoms with Crippen LogP contribution in [-0.4, -0.2) is 33.6 Å². The number of hydrogen-bond acceptors (Lipinski definition) is 4. The molecule has 6 nitrogen and oxygen atoms in total. The van der Waals surface area contributed by atoms with E-state index in [1.165, 1.54) is 13.8 Å². The van der Waals surface area contributed by atoms with Crippen LogP contribution in [0.4, 0.5) is 0 Å². The molecule has 2 N–H and O–H groups in total. The van der Waals surface area contributed by atoms with Gasteiger partial charge in [0.05, 0.1) is 0 Å². The van der Waals surface area contributed by atoms with Gasteiger partial charge in [-0.1, -0.05) is 11.6 Å². The van der Waals surface area contributed by atoms with Crippen molar-refractivity contribution in [2.24, 2.45) is 0 Å². The molecule has 22 heavy (non-hydrogen) atoms. The zero-order valence-electron chi connectivity index (χ0n) is 12.9. The van der Waals surface area contributed by atoms with Gasteiger partial charge in [0.2, 0.25) is 11.8 Å². The Hall–Kier alpha value is -1.79. The maximum Gasteiger partial charge on any atom is 0.238 e. The molecule has 120 valence electrons. The van der Waals surface area contributed by atoms with E-state index in [1.54, 1.807) is 32.0 Å². The average Bonchev–Trinajstić information content (AvgIpc) is 2.38. The number of carbonyl (C=O) groups excluding carboxylic acids is 2. The molecule has 2 amide bonds. The van der Waals surface area contributed by atoms with E-state index in [0.29, 0.717) is 16.3 Å². The lowest BCUT2D eigenvalue weighted by atomic mass is 9.86. The predicted octanol–water partition coefficient (Wildman–Crippen LogP) is 1.81. The number of ether oxygens (including phenoxy) is 1. The number of aliphatic hydroxyl groups excluding tert-OH is 1. The number of carbonyl (C=O) groups is 2. The molecular formula is C15H19ClN2O4. The van der Waals surface area contributed by atoms with E-state index in [2.05, 4.69) is 5.43 Å². The Morgan fingerprint density at radius 3 is 2.55 bits per heavy atom. The summed E-state index contributed by atoms with van der Waals surface area (Å²) in [5.41, 5.74) is 2.08. The first-order valence-corrected chi connectivity index (χ1v) is 7.25. The van der Waals surface area contributed by atoms with E-state index in [-0.39, 0.29) is 0 Å². The molecule has 1 aromatic rings. The number of amides is 2. The molecule has 2 atom stereocenters. The summed E-state index contributed by atoms with van der Waals surface area (Å²) in [6.07, 6.45) is -1.05. The van der Waals surface area contributed by atoms with Crippen molar-refractivity contribution in [3.63, 3.8) is 0 Å². The topological polar surface area (TPSA) is 78.9 Å². The van der Waals surface area contributed by atoms with E-state index < -0.39 is 29.6 Å². The summed E-state index contributed by atoms with van der Waals surface area (Å²) in [6.45, 7) is 6.05. The molecule has 0 aromatic heterocycles. The van der Waals surface area contributed by atoms with Crippen molar-refractivity contribution < 1.29 is 19.4 Å². The van der Waals surface area contributed by atoms with Gasteiger partial charge >= 0.3 is 0 Å². The van der Waals surface area contributed by atoms with Crippen LogP contribution in [0.1, 0.15) is 39.3 Å². The Kier molecular flexibility index (Phi) is 4.35. The van der Waals surface area contributed by atoms with Crippen molar-refractivity contribution in [1.82, 2.24) is 10.4 Å². The van der Waals surface area contributed by atoms with Gasteiger partial charge in [-0.3, -0.25) is 15.0 Å². The number of fused-ring (bicyclic) bond motifs is 1. The highest BCUT2D eigenvalue weighted by Crippen LogP contribution is 2.43. The second kappa shape index (κ2) is 5.78. The SMILES string of the molecule is CC(=O)NN(C(C)=O)[C@@H]1c2cc(Cl)ccc2OC(C)(C)[C@H]1O. The number of hydrogen-bond donors (Lipinski definition) is 2. The number of hydrazine groups is 1. The molecule has 0 spiro atoms. The highest BCUT2D eigenvalue weighted by atomic mass is 35.5. The first-order chi connectivity index (χ1) is 10.1. The van der Waals surface area contributed by atoms with Gasteiger partial charge in [-0.2, -0.15) is 0 Å². The minimum absolute atomic E-state index is 0.400. The molecule has 0 aliphatic carbocycles. The minimum atomic E-state index is -1.05. The summed E-state index contributed by atoms with van der Waals surface area (Å²) in [7, 11) is 0. The highest BCUT2D eigenvalue weighted by molar-refractivity contribution is 6.30. The molecular weight excluding hydrogens is 308 g/mol. The predicted molar refractivity (Wildman–Crippen MR) is 81.2 cm³/mol. The van der Waals surface area contributed by atoms with Gasteiger partial charge in [0.25, 0.3) is 0 Å². The number of rotatable bonds is 1. The number of nitrogens with one attached hydrogen (secondary N) is 1. The van der Waals surface area contributed by atoms with Crippen molar-refractivity contribution in [3.05, 3.63) is 28.8 Å². The van der Waals surface area contributed by atoms with Crippen LogP contribution >= 0.6 is 11.6 Å².